The van der Waals surface area contributed by atoms with Gasteiger partial charge in [-0.25, -0.2) is 8.42 Å². The maximum absolute atomic E-state index is 12.1. The van der Waals surface area contributed by atoms with Crippen LogP contribution in [0.15, 0.2) is 18.2 Å². The largest absolute Gasteiger partial charge is 0.469 e. The Labute approximate surface area is 122 Å². The van der Waals surface area contributed by atoms with Crippen LogP contribution < -0.4 is 0 Å². The molecule has 0 heterocycles. The Kier molecular flexibility index (Phi) is 5.64. The van der Waals surface area contributed by atoms with Gasteiger partial charge in [0.2, 0.25) is 0 Å². The first kappa shape index (κ1) is 16.3. The fourth-order valence-corrected chi connectivity index (χ4v) is 3.09. The summed E-state index contributed by atoms with van der Waals surface area (Å²) in [4.78, 5) is 11.1. The molecule has 1 rings (SSSR count). The van der Waals surface area contributed by atoms with Gasteiger partial charge in [-0.15, -0.1) is 0 Å². The lowest BCUT2D eigenvalue weighted by molar-refractivity contribution is -0.140. The molecule has 0 saturated carbocycles. The zero-order chi connectivity index (χ0) is 14.6. The van der Waals surface area contributed by atoms with Gasteiger partial charge in [-0.05, 0) is 24.6 Å². The molecule has 1 aromatic carbocycles. The zero-order valence-corrected chi connectivity index (χ0v) is 12.8. The van der Waals surface area contributed by atoms with E-state index in [4.69, 9.17) is 23.2 Å². The van der Waals surface area contributed by atoms with Crippen molar-refractivity contribution in [2.75, 3.05) is 7.11 Å². The average molecular weight is 325 g/mol. The zero-order valence-electron chi connectivity index (χ0n) is 10.5. The lowest BCUT2D eigenvalue weighted by Crippen LogP contribution is -2.23. The second-order valence-corrected chi connectivity index (χ2v) is 7.38. The highest BCUT2D eigenvalue weighted by Gasteiger charge is 2.24. The quantitative estimate of drug-likeness (QED) is 0.781. The summed E-state index contributed by atoms with van der Waals surface area (Å²) in [6, 6.07) is 4.64. The Morgan fingerprint density at radius 1 is 1.32 bits per heavy atom. The van der Waals surface area contributed by atoms with Crippen molar-refractivity contribution in [3.63, 3.8) is 0 Å². The number of carbonyl (C=O) groups excluding carboxylic acids is 1. The minimum atomic E-state index is -3.45. The fraction of sp³-hybridized carbons (Fsp3) is 0.417. The van der Waals surface area contributed by atoms with E-state index in [2.05, 4.69) is 4.74 Å². The van der Waals surface area contributed by atoms with E-state index in [1.54, 1.807) is 12.1 Å². The molecule has 0 saturated heterocycles. The maximum Gasteiger partial charge on any atom is 0.306 e. The highest BCUT2D eigenvalue weighted by atomic mass is 35.5. The molecule has 1 unspecified atom stereocenters. The lowest BCUT2D eigenvalue weighted by Gasteiger charge is -2.12. The summed E-state index contributed by atoms with van der Waals surface area (Å²) in [6.07, 6.45) is -0.167. The monoisotopic (exact) mass is 324 g/mol. The number of hydrogen-bond donors (Lipinski definition) is 0. The highest BCUT2D eigenvalue weighted by Crippen LogP contribution is 2.24. The summed E-state index contributed by atoms with van der Waals surface area (Å²) in [5.41, 5.74) is 0.533. The number of sulfone groups is 1. The Bertz CT molecular complexity index is 569. The van der Waals surface area contributed by atoms with Gasteiger partial charge in [0.05, 0.1) is 34.6 Å². The van der Waals surface area contributed by atoms with Crippen molar-refractivity contribution in [1.29, 1.82) is 0 Å². The number of esters is 1. The van der Waals surface area contributed by atoms with E-state index in [1.165, 1.54) is 20.1 Å². The molecule has 4 nitrogen and oxygen atoms in total. The number of ether oxygens (including phenoxy) is 1. The molecule has 0 aliphatic carbocycles. The van der Waals surface area contributed by atoms with E-state index < -0.39 is 21.1 Å². The van der Waals surface area contributed by atoms with Crippen molar-refractivity contribution in [1.82, 2.24) is 0 Å². The molecule has 0 aliphatic rings. The SMILES string of the molecule is COC(=O)CC(C)S(=O)(=O)Cc1ccc(Cl)c(Cl)c1. The minimum Gasteiger partial charge on any atom is -0.469 e. The predicted molar refractivity (Wildman–Crippen MR) is 75.2 cm³/mol. The second-order valence-electron chi connectivity index (χ2n) is 4.15. The van der Waals surface area contributed by atoms with Crippen LogP contribution in [-0.4, -0.2) is 26.7 Å². The van der Waals surface area contributed by atoms with Gasteiger partial charge in [0.25, 0.3) is 0 Å². The van der Waals surface area contributed by atoms with Gasteiger partial charge in [0, 0.05) is 0 Å². The Morgan fingerprint density at radius 2 is 1.95 bits per heavy atom. The first-order valence-corrected chi connectivity index (χ1v) is 7.95. The van der Waals surface area contributed by atoms with Crippen LogP contribution >= 0.6 is 23.2 Å². The predicted octanol–water partition coefficient (Wildman–Crippen LogP) is 2.86. The van der Waals surface area contributed by atoms with Crippen LogP contribution in [0.5, 0.6) is 0 Å². The number of rotatable bonds is 5. The molecular formula is C12H14Cl2O4S. The molecule has 7 heteroatoms. The van der Waals surface area contributed by atoms with Crippen LogP contribution in [0.3, 0.4) is 0 Å². The molecule has 0 fully saturated rings. The third-order valence-electron chi connectivity index (χ3n) is 2.65. The van der Waals surface area contributed by atoms with Crippen molar-refractivity contribution in [2.24, 2.45) is 0 Å². The van der Waals surface area contributed by atoms with Crippen LogP contribution in [0.1, 0.15) is 18.9 Å². The molecule has 1 atom stereocenters. The van der Waals surface area contributed by atoms with Gasteiger partial charge in [-0.3, -0.25) is 4.79 Å². The first-order chi connectivity index (χ1) is 8.76. The van der Waals surface area contributed by atoms with Crippen molar-refractivity contribution in [3.8, 4) is 0 Å². The summed E-state index contributed by atoms with van der Waals surface area (Å²) in [5, 5.41) is -0.144. The first-order valence-electron chi connectivity index (χ1n) is 5.48. The third kappa shape index (κ3) is 4.67. The van der Waals surface area contributed by atoms with Gasteiger partial charge in [0.15, 0.2) is 9.84 Å². The molecule has 0 bridgehead atoms. The van der Waals surface area contributed by atoms with Gasteiger partial charge >= 0.3 is 5.97 Å². The topological polar surface area (TPSA) is 60.4 Å². The van der Waals surface area contributed by atoms with Gasteiger partial charge < -0.3 is 4.74 Å². The summed E-state index contributed by atoms with van der Waals surface area (Å²) in [5.74, 6) is -0.743. The Morgan fingerprint density at radius 3 is 2.47 bits per heavy atom. The molecule has 106 valence electrons. The molecule has 0 aliphatic heterocycles. The fourth-order valence-electron chi connectivity index (χ4n) is 1.45. The summed E-state index contributed by atoms with van der Waals surface area (Å²) < 4.78 is 28.6. The van der Waals surface area contributed by atoms with Gasteiger partial charge in [0.1, 0.15) is 0 Å². The van der Waals surface area contributed by atoms with Gasteiger partial charge in [-0.1, -0.05) is 29.3 Å². The van der Waals surface area contributed by atoms with Crippen molar-refractivity contribution in [2.45, 2.75) is 24.3 Å². The summed E-state index contributed by atoms with van der Waals surface area (Å²) in [6.45, 7) is 1.48. The van der Waals surface area contributed by atoms with E-state index in [-0.39, 0.29) is 12.2 Å². The number of benzene rings is 1. The summed E-state index contributed by atoms with van der Waals surface area (Å²) in [7, 11) is -2.23. The van der Waals surface area contributed by atoms with E-state index in [0.717, 1.165) is 0 Å². The third-order valence-corrected chi connectivity index (χ3v) is 5.51. The van der Waals surface area contributed by atoms with Crippen LogP contribution in [0.2, 0.25) is 10.0 Å². The number of carbonyl (C=O) groups is 1. The molecule has 0 amide bonds. The Hall–Kier alpha value is -0.780. The average Bonchev–Trinajstić information content (AvgIpc) is 2.33. The van der Waals surface area contributed by atoms with Crippen molar-refractivity contribution < 1.29 is 17.9 Å². The van der Waals surface area contributed by atoms with Crippen LogP contribution in [0.4, 0.5) is 0 Å². The molecule has 19 heavy (non-hydrogen) atoms. The van der Waals surface area contributed by atoms with Gasteiger partial charge in [-0.2, -0.15) is 0 Å². The smallest absolute Gasteiger partial charge is 0.306 e. The second kappa shape index (κ2) is 6.59. The minimum absolute atomic E-state index is 0.167. The number of hydrogen-bond acceptors (Lipinski definition) is 4. The summed E-state index contributed by atoms with van der Waals surface area (Å²) >= 11 is 11.6. The lowest BCUT2D eigenvalue weighted by atomic mass is 10.2. The number of methoxy groups -OCH3 is 1. The van der Waals surface area contributed by atoms with Crippen molar-refractivity contribution in [3.05, 3.63) is 33.8 Å². The van der Waals surface area contributed by atoms with Crippen LogP contribution in [-0.2, 0) is 25.1 Å². The number of halogens is 2. The van der Waals surface area contributed by atoms with E-state index in [1.807, 2.05) is 0 Å². The molecule has 1 aromatic rings. The van der Waals surface area contributed by atoms with E-state index in [0.29, 0.717) is 15.6 Å². The normalized spacial score (nSPS) is 13.1. The molecule has 0 spiro atoms. The Balaban J connectivity index is 2.84. The maximum atomic E-state index is 12.1. The molecule has 0 N–H and O–H groups in total. The van der Waals surface area contributed by atoms with Crippen LogP contribution in [0, 0.1) is 0 Å². The highest BCUT2D eigenvalue weighted by molar-refractivity contribution is 7.91. The van der Waals surface area contributed by atoms with E-state index >= 15 is 0 Å². The molecule has 0 radical (unpaired) electrons. The van der Waals surface area contributed by atoms with Crippen molar-refractivity contribution >= 4 is 39.0 Å². The molecular weight excluding hydrogens is 311 g/mol. The standard InChI is InChI=1S/C12H14Cl2O4S/c1-8(5-12(15)18-2)19(16,17)7-9-3-4-10(13)11(14)6-9/h3-4,6,8H,5,7H2,1-2H3. The van der Waals surface area contributed by atoms with E-state index in [9.17, 15) is 13.2 Å². The molecule has 0 aromatic heterocycles. The van der Waals surface area contributed by atoms with Crippen LogP contribution in [0.25, 0.3) is 0 Å².